The first-order valence-corrected chi connectivity index (χ1v) is 9.12. The fraction of sp³-hybridized carbons (Fsp3) is 0.333. The summed E-state index contributed by atoms with van der Waals surface area (Å²) in [7, 11) is 1.59. The first-order chi connectivity index (χ1) is 13.1. The highest BCUT2D eigenvalue weighted by molar-refractivity contribution is 5.97. The molecule has 2 aromatic carbocycles. The van der Waals surface area contributed by atoms with Crippen molar-refractivity contribution < 1.29 is 19.1 Å². The van der Waals surface area contributed by atoms with Crippen molar-refractivity contribution in [3.05, 3.63) is 48.5 Å². The number of methoxy groups -OCH3 is 1. The Kier molecular flexibility index (Phi) is 5.96. The molecule has 1 N–H and O–H groups in total. The van der Waals surface area contributed by atoms with Crippen molar-refractivity contribution in [2.75, 3.05) is 23.9 Å². The number of nitrogens with zero attached hydrogens (tertiary/aromatic N) is 1. The van der Waals surface area contributed by atoms with Gasteiger partial charge in [0.05, 0.1) is 7.11 Å². The minimum absolute atomic E-state index is 0.143. The van der Waals surface area contributed by atoms with Crippen molar-refractivity contribution >= 4 is 23.2 Å². The minimum Gasteiger partial charge on any atom is -0.497 e. The number of nitrogens with one attached hydrogen (secondary N) is 1. The molecular formula is C21H24N2O4. The van der Waals surface area contributed by atoms with Crippen molar-refractivity contribution in [2.24, 2.45) is 0 Å². The van der Waals surface area contributed by atoms with Gasteiger partial charge in [0.25, 0.3) is 5.91 Å². The van der Waals surface area contributed by atoms with Gasteiger partial charge >= 0.3 is 0 Å². The fourth-order valence-electron chi connectivity index (χ4n) is 3.03. The van der Waals surface area contributed by atoms with Crippen LogP contribution in [0.2, 0.25) is 0 Å². The van der Waals surface area contributed by atoms with Crippen molar-refractivity contribution in [1.29, 1.82) is 0 Å². The van der Waals surface area contributed by atoms with Gasteiger partial charge in [0.15, 0.2) is 6.10 Å². The molecule has 27 heavy (non-hydrogen) atoms. The maximum atomic E-state index is 12.6. The number of benzene rings is 2. The average Bonchev–Trinajstić information content (AvgIpc) is 3.12. The predicted molar refractivity (Wildman–Crippen MR) is 104 cm³/mol. The van der Waals surface area contributed by atoms with E-state index in [1.165, 1.54) is 0 Å². The topological polar surface area (TPSA) is 67.9 Å². The SMILES string of the molecule is CC[C@@H](Oc1cccc(OC)c1)C(=O)Nc1ccc(N2CCCC2=O)cc1. The number of carbonyl (C=O) groups excluding carboxylic acids is 2. The van der Waals surface area contributed by atoms with Crippen LogP contribution in [-0.4, -0.2) is 31.6 Å². The summed E-state index contributed by atoms with van der Waals surface area (Å²) in [5, 5.41) is 2.87. The molecule has 0 aromatic heterocycles. The highest BCUT2D eigenvalue weighted by Crippen LogP contribution is 2.24. The van der Waals surface area contributed by atoms with Crippen LogP contribution in [0.4, 0.5) is 11.4 Å². The molecule has 0 radical (unpaired) electrons. The molecule has 1 heterocycles. The molecule has 3 rings (SSSR count). The number of carbonyl (C=O) groups is 2. The zero-order chi connectivity index (χ0) is 19.2. The monoisotopic (exact) mass is 368 g/mol. The third-order valence-electron chi connectivity index (χ3n) is 4.50. The third-order valence-corrected chi connectivity index (χ3v) is 4.50. The maximum Gasteiger partial charge on any atom is 0.265 e. The summed E-state index contributed by atoms with van der Waals surface area (Å²) in [6.45, 7) is 2.64. The Balaban J connectivity index is 1.63. The summed E-state index contributed by atoms with van der Waals surface area (Å²) in [6, 6.07) is 14.5. The molecular weight excluding hydrogens is 344 g/mol. The second-order valence-corrected chi connectivity index (χ2v) is 6.38. The number of amides is 2. The number of hydrogen-bond acceptors (Lipinski definition) is 4. The molecule has 1 aliphatic rings. The van der Waals surface area contributed by atoms with Crippen molar-refractivity contribution in [1.82, 2.24) is 0 Å². The Morgan fingerprint density at radius 2 is 1.93 bits per heavy atom. The van der Waals surface area contributed by atoms with Gasteiger partial charge in [-0.05, 0) is 49.2 Å². The second-order valence-electron chi connectivity index (χ2n) is 6.38. The lowest BCUT2D eigenvalue weighted by Crippen LogP contribution is -2.32. The van der Waals surface area contributed by atoms with E-state index in [1.54, 1.807) is 36.3 Å². The van der Waals surface area contributed by atoms with Gasteiger partial charge < -0.3 is 19.7 Å². The quantitative estimate of drug-likeness (QED) is 0.811. The average molecular weight is 368 g/mol. The molecule has 0 saturated carbocycles. The van der Waals surface area contributed by atoms with E-state index in [4.69, 9.17) is 9.47 Å². The summed E-state index contributed by atoms with van der Waals surface area (Å²) in [4.78, 5) is 26.1. The molecule has 0 unspecified atom stereocenters. The van der Waals surface area contributed by atoms with Gasteiger partial charge in [-0.2, -0.15) is 0 Å². The van der Waals surface area contributed by atoms with E-state index in [0.717, 1.165) is 18.7 Å². The van der Waals surface area contributed by atoms with E-state index in [0.29, 0.717) is 30.0 Å². The lowest BCUT2D eigenvalue weighted by molar-refractivity contribution is -0.122. The van der Waals surface area contributed by atoms with Crippen LogP contribution in [0.15, 0.2) is 48.5 Å². The van der Waals surface area contributed by atoms with Crippen LogP contribution in [-0.2, 0) is 9.59 Å². The standard InChI is InChI=1S/C21H24N2O4/c1-3-19(27-18-7-4-6-17(14-18)26-2)21(25)22-15-9-11-16(12-10-15)23-13-5-8-20(23)24/h4,6-7,9-12,14,19H,3,5,8,13H2,1-2H3,(H,22,25)/t19-/m1/s1. The van der Waals surface area contributed by atoms with Gasteiger partial charge in [-0.1, -0.05) is 13.0 Å². The van der Waals surface area contributed by atoms with E-state index in [1.807, 2.05) is 31.2 Å². The Hall–Kier alpha value is -3.02. The molecule has 1 fully saturated rings. The summed E-state index contributed by atoms with van der Waals surface area (Å²) < 4.78 is 11.0. The summed E-state index contributed by atoms with van der Waals surface area (Å²) >= 11 is 0. The molecule has 1 atom stereocenters. The number of ether oxygens (including phenoxy) is 2. The molecule has 0 aliphatic carbocycles. The normalized spacial score (nSPS) is 14.7. The van der Waals surface area contributed by atoms with E-state index in [-0.39, 0.29) is 11.8 Å². The number of hydrogen-bond donors (Lipinski definition) is 1. The van der Waals surface area contributed by atoms with Gasteiger partial charge in [-0.25, -0.2) is 0 Å². The van der Waals surface area contributed by atoms with Gasteiger partial charge in [-0.15, -0.1) is 0 Å². The fourth-order valence-corrected chi connectivity index (χ4v) is 3.03. The van der Waals surface area contributed by atoms with Crippen LogP contribution in [0.5, 0.6) is 11.5 Å². The van der Waals surface area contributed by atoms with Crippen molar-refractivity contribution in [3.63, 3.8) is 0 Å². The molecule has 0 spiro atoms. The van der Waals surface area contributed by atoms with Crippen LogP contribution in [0.1, 0.15) is 26.2 Å². The second kappa shape index (κ2) is 8.58. The minimum atomic E-state index is -0.614. The Labute approximate surface area is 159 Å². The van der Waals surface area contributed by atoms with Gasteiger partial charge in [0.1, 0.15) is 11.5 Å². The first-order valence-electron chi connectivity index (χ1n) is 9.12. The van der Waals surface area contributed by atoms with Crippen molar-refractivity contribution in [2.45, 2.75) is 32.3 Å². The molecule has 2 amide bonds. The third kappa shape index (κ3) is 4.58. The van der Waals surface area contributed by atoms with E-state index in [2.05, 4.69) is 5.32 Å². The van der Waals surface area contributed by atoms with E-state index < -0.39 is 6.10 Å². The first kappa shape index (κ1) is 18.8. The Morgan fingerprint density at radius 1 is 1.19 bits per heavy atom. The van der Waals surface area contributed by atoms with Crippen molar-refractivity contribution in [3.8, 4) is 11.5 Å². The predicted octanol–water partition coefficient (Wildman–Crippen LogP) is 3.62. The lowest BCUT2D eigenvalue weighted by Gasteiger charge is -2.19. The van der Waals surface area contributed by atoms with Gasteiger partial charge in [-0.3, -0.25) is 9.59 Å². The molecule has 142 valence electrons. The maximum absolute atomic E-state index is 12.6. The van der Waals surface area contributed by atoms with Gasteiger partial charge in [0.2, 0.25) is 5.91 Å². The molecule has 1 aliphatic heterocycles. The largest absolute Gasteiger partial charge is 0.497 e. The number of rotatable bonds is 7. The van der Waals surface area contributed by atoms with Crippen LogP contribution in [0.25, 0.3) is 0 Å². The molecule has 6 heteroatoms. The van der Waals surface area contributed by atoms with Crippen LogP contribution in [0.3, 0.4) is 0 Å². The highest BCUT2D eigenvalue weighted by atomic mass is 16.5. The number of anilines is 2. The molecule has 0 bridgehead atoms. The van der Waals surface area contributed by atoms with E-state index >= 15 is 0 Å². The lowest BCUT2D eigenvalue weighted by atomic mass is 10.2. The Morgan fingerprint density at radius 3 is 2.56 bits per heavy atom. The molecule has 2 aromatic rings. The van der Waals surface area contributed by atoms with Crippen LogP contribution < -0.4 is 19.7 Å². The van der Waals surface area contributed by atoms with Gasteiger partial charge in [0, 0.05) is 30.4 Å². The van der Waals surface area contributed by atoms with E-state index in [9.17, 15) is 9.59 Å². The highest BCUT2D eigenvalue weighted by Gasteiger charge is 2.22. The van der Waals surface area contributed by atoms with Crippen LogP contribution >= 0.6 is 0 Å². The Bertz CT molecular complexity index is 804. The summed E-state index contributed by atoms with van der Waals surface area (Å²) in [6.07, 6.45) is 1.40. The van der Waals surface area contributed by atoms with Crippen LogP contribution in [0, 0.1) is 0 Å². The molecule has 1 saturated heterocycles. The zero-order valence-corrected chi connectivity index (χ0v) is 15.6. The zero-order valence-electron chi connectivity index (χ0n) is 15.6. The summed E-state index contributed by atoms with van der Waals surface area (Å²) in [5.41, 5.74) is 1.53. The summed E-state index contributed by atoms with van der Waals surface area (Å²) in [5.74, 6) is 1.18. The molecule has 6 nitrogen and oxygen atoms in total. The smallest absolute Gasteiger partial charge is 0.265 e.